The summed E-state index contributed by atoms with van der Waals surface area (Å²) >= 11 is 0. The summed E-state index contributed by atoms with van der Waals surface area (Å²) in [6, 6.07) is 1.95. The first-order valence-electron chi connectivity index (χ1n) is 4.70. The van der Waals surface area contributed by atoms with Gasteiger partial charge in [-0.05, 0) is 19.3 Å². The quantitative estimate of drug-likeness (QED) is 0.611. The van der Waals surface area contributed by atoms with Crippen LogP contribution in [0.25, 0.3) is 0 Å². The molecule has 0 rings (SSSR count). The van der Waals surface area contributed by atoms with Gasteiger partial charge < -0.3 is 10.6 Å². The topological polar surface area (TPSA) is 64.9 Å². The first-order chi connectivity index (χ1) is 6.31. The van der Waals surface area contributed by atoms with Crippen LogP contribution in [-0.2, 0) is 0 Å². The fraction of sp³-hybridized carbons (Fsp3) is 0.778. The van der Waals surface area contributed by atoms with Gasteiger partial charge in [-0.15, -0.1) is 0 Å². The number of hydrogen-bond donors (Lipinski definition) is 2. The Morgan fingerprint density at radius 1 is 1.31 bits per heavy atom. The van der Waals surface area contributed by atoms with Crippen molar-refractivity contribution in [1.29, 1.82) is 5.26 Å². The Labute approximate surface area is 79.3 Å². The van der Waals surface area contributed by atoms with Gasteiger partial charge in [-0.3, -0.25) is 0 Å². The molecular formula is C9H17N3O. The highest BCUT2D eigenvalue weighted by Gasteiger charge is 1.96. The van der Waals surface area contributed by atoms with E-state index in [0.717, 1.165) is 19.3 Å². The number of carbonyl (C=O) groups is 1. The van der Waals surface area contributed by atoms with Crippen molar-refractivity contribution in [2.24, 2.45) is 0 Å². The summed E-state index contributed by atoms with van der Waals surface area (Å²) < 4.78 is 0. The van der Waals surface area contributed by atoms with Crippen molar-refractivity contribution in [3.63, 3.8) is 0 Å². The summed E-state index contributed by atoms with van der Waals surface area (Å²) in [6.07, 6.45) is 3.23. The molecular weight excluding hydrogens is 166 g/mol. The molecule has 0 heterocycles. The second-order valence-corrected chi connectivity index (χ2v) is 2.80. The molecule has 0 fully saturated rings. The van der Waals surface area contributed by atoms with Crippen molar-refractivity contribution in [2.45, 2.75) is 32.6 Å². The van der Waals surface area contributed by atoms with Crippen molar-refractivity contribution in [1.82, 2.24) is 10.6 Å². The van der Waals surface area contributed by atoms with Gasteiger partial charge >= 0.3 is 6.03 Å². The number of urea groups is 1. The molecule has 0 aliphatic rings. The van der Waals surface area contributed by atoms with Crippen LogP contribution < -0.4 is 10.6 Å². The predicted octanol–water partition coefficient (Wildman–Crippen LogP) is 1.39. The number of unbranched alkanes of at least 4 members (excludes halogenated alkanes) is 2. The normalized spacial score (nSPS) is 8.92. The fourth-order valence-electron chi connectivity index (χ4n) is 0.832. The average molecular weight is 183 g/mol. The highest BCUT2D eigenvalue weighted by Crippen LogP contribution is 1.90. The van der Waals surface area contributed by atoms with Crippen LogP contribution in [0.3, 0.4) is 0 Å². The monoisotopic (exact) mass is 183 g/mol. The SMILES string of the molecule is CCCNC(=O)NCCCCC#N. The summed E-state index contributed by atoms with van der Waals surface area (Å²) in [5.41, 5.74) is 0. The molecule has 2 N–H and O–H groups in total. The zero-order valence-electron chi connectivity index (χ0n) is 8.10. The second kappa shape index (κ2) is 8.85. The van der Waals surface area contributed by atoms with Gasteiger partial charge in [0.2, 0.25) is 0 Å². The van der Waals surface area contributed by atoms with Crippen molar-refractivity contribution in [2.75, 3.05) is 13.1 Å². The maximum Gasteiger partial charge on any atom is 0.314 e. The third-order valence-corrected chi connectivity index (χ3v) is 1.54. The molecule has 13 heavy (non-hydrogen) atoms. The lowest BCUT2D eigenvalue weighted by Crippen LogP contribution is -2.36. The van der Waals surface area contributed by atoms with E-state index in [4.69, 9.17) is 5.26 Å². The molecule has 0 saturated carbocycles. The molecule has 0 radical (unpaired) electrons. The van der Waals surface area contributed by atoms with Crippen molar-refractivity contribution >= 4 is 6.03 Å². The molecule has 0 aromatic carbocycles. The second-order valence-electron chi connectivity index (χ2n) is 2.80. The molecule has 0 atom stereocenters. The van der Waals surface area contributed by atoms with E-state index in [1.54, 1.807) is 0 Å². The zero-order chi connectivity index (χ0) is 9.94. The lowest BCUT2D eigenvalue weighted by atomic mass is 10.2. The van der Waals surface area contributed by atoms with E-state index in [9.17, 15) is 4.79 Å². The van der Waals surface area contributed by atoms with E-state index >= 15 is 0 Å². The van der Waals surface area contributed by atoms with Gasteiger partial charge in [0, 0.05) is 19.5 Å². The van der Waals surface area contributed by atoms with Crippen molar-refractivity contribution in [3.8, 4) is 6.07 Å². The number of carbonyl (C=O) groups excluding carboxylic acids is 1. The van der Waals surface area contributed by atoms with Gasteiger partial charge in [0.1, 0.15) is 0 Å². The van der Waals surface area contributed by atoms with Gasteiger partial charge in [0.05, 0.1) is 6.07 Å². The van der Waals surface area contributed by atoms with Crippen LogP contribution >= 0.6 is 0 Å². The van der Waals surface area contributed by atoms with Crippen LogP contribution in [0.5, 0.6) is 0 Å². The van der Waals surface area contributed by atoms with Crippen LogP contribution in [-0.4, -0.2) is 19.1 Å². The molecule has 0 aliphatic carbocycles. The summed E-state index contributed by atoms with van der Waals surface area (Å²) in [5.74, 6) is 0. The number of hydrogen-bond acceptors (Lipinski definition) is 2. The van der Waals surface area contributed by atoms with E-state index in [0.29, 0.717) is 19.5 Å². The minimum Gasteiger partial charge on any atom is -0.338 e. The molecule has 0 saturated heterocycles. The number of rotatable bonds is 6. The Morgan fingerprint density at radius 3 is 2.62 bits per heavy atom. The Morgan fingerprint density at radius 2 is 2.00 bits per heavy atom. The predicted molar refractivity (Wildman–Crippen MR) is 51.2 cm³/mol. The smallest absolute Gasteiger partial charge is 0.314 e. The molecule has 0 aliphatic heterocycles. The lowest BCUT2D eigenvalue weighted by Gasteiger charge is -2.05. The highest BCUT2D eigenvalue weighted by atomic mass is 16.2. The molecule has 0 bridgehead atoms. The third-order valence-electron chi connectivity index (χ3n) is 1.54. The van der Waals surface area contributed by atoms with Gasteiger partial charge in [-0.2, -0.15) is 5.26 Å². The van der Waals surface area contributed by atoms with Gasteiger partial charge in [0.25, 0.3) is 0 Å². The van der Waals surface area contributed by atoms with E-state index in [1.807, 2.05) is 6.92 Å². The molecule has 4 nitrogen and oxygen atoms in total. The van der Waals surface area contributed by atoms with Crippen LogP contribution in [0.1, 0.15) is 32.6 Å². The van der Waals surface area contributed by atoms with Crippen LogP contribution in [0, 0.1) is 11.3 Å². The van der Waals surface area contributed by atoms with E-state index in [-0.39, 0.29) is 6.03 Å². The molecule has 0 unspecified atom stereocenters. The number of nitrogens with one attached hydrogen (secondary N) is 2. The Kier molecular flexibility index (Phi) is 8.01. The largest absolute Gasteiger partial charge is 0.338 e. The fourth-order valence-corrected chi connectivity index (χ4v) is 0.832. The highest BCUT2D eigenvalue weighted by molar-refractivity contribution is 5.73. The lowest BCUT2D eigenvalue weighted by molar-refractivity contribution is 0.240. The number of amides is 2. The van der Waals surface area contributed by atoms with Crippen LogP contribution in [0.2, 0.25) is 0 Å². The van der Waals surface area contributed by atoms with Gasteiger partial charge in [-0.1, -0.05) is 6.92 Å². The number of nitrogens with zero attached hydrogens (tertiary/aromatic N) is 1. The molecule has 74 valence electrons. The first kappa shape index (κ1) is 11.8. The zero-order valence-corrected chi connectivity index (χ0v) is 8.10. The Hall–Kier alpha value is -1.24. The summed E-state index contributed by atoms with van der Waals surface area (Å²) in [7, 11) is 0. The van der Waals surface area contributed by atoms with Crippen molar-refractivity contribution in [3.05, 3.63) is 0 Å². The minimum absolute atomic E-state index is 0.112. The van der Waals surface area contributed by atoms with Crippen LogP contribution in [0.4, 0.5) is 4.79 Å². The standard InChI is InChI=1S/C9H17N3O/c1-2-7-11-9(13)12-8-5-3-4-6-10/h2-5,7-8H2,1H3,(H2,11,12,13). The van der Waals surface area contributed by atoms with E-state index < -0.39 is 0 Å². The Balaban J connectivity index is 3.13. The maximum atomic E-state index is 10.9. The van der Waals surface area contributed by atoms with Crippen molar-refractivity contribution < 1.29 is 4.79 Å². The van der Waals surface area contributed by atoms with E-state index in [2.05, 4.69) is 16.7 Å². The van der Waals surface area contributed by atoms with E-state index in [1.165, 1.54) is 0 Å². The molecule has 0 aromatic heterocycles. The first-order valence-corrected chi connectivity index (χ1v) is 4.70. The van der Waals surface area contributed by atoms with Gasteiger partial charge in [-0.25, -0.2) is 4.79 Å². The molecule has 4 heteroatoms. The van der Waals surface area contributed by atoms with Gasteiger partial charge in [0.15, 0.2) is 0 Å². The third kappa shape index (κ3) is 8.67. The summed E-state index contributed by atoms with van der Waals surface area (Å²) in [5, 5.41) is 13.7. The summed E-state index contributed by atoms with van der Waals surface area (Å²) in [6.45, 7) is 3.37. The molecule has 0 spiro atoms. The Bertz CT molecular complexity index is 174. The average Bonchev–Trinajstić information content (AvgIpc) is 2.14. The minimum atomic E-state index is -0.112. The molecule has 2 amide bonds. The summed E-state index contributed by atoms with van der Waals surface area (Å²) in [4.78, 5) is 10.9. The van der Waals surface area contributed by atoms with Crippen LogP contribution in [0.15, 0.2) is 0 Å². The number of nitriles is 1. The molecule has 0 aromatic rings. The maximum absolute atomic E-state index is 10.9.